The van der Waals surface area contributed by atoms with Crippen LogP contribution in [0.1, 0.15) is 16.8 Å². The largest absolute Gasteiger partial charge is 0.437 e. The molecule has 0 aliphatic carbocycles. The van der Waals surface area contributed by atoms with Gasteiger partial charge in [0.25, 0.3) is 5.91 Å². The number of carbonyl (C=O) groups is 2. The van der Waals surface area contributed by atoms with Crippen molar-refractivity contribution in [3.05, 3.63) is 45.3 Å². The number of urea groups is 1. The molecule has 2 N–H and O–H groups in total. The fraction of sp³-hybridized carbons (Fsp3) is 0.318. The summed E-state index contributed by atoms with van der Waals surface area (Å²) in [6.07, 6.45) is 1.48. The molecule has 0 unspecified atom stereocenters. The first-order valence-corrected chi connectivity index (χ1v) is 13.6. The molecule has 1 fully saturated rings. The molecule has 186 valence electrons. The third kappa shape index (κ3) is 5.19. The highest BCUT2D eigenvalue weighted by Gasteiger charge is 2.28. The Balaban J connectivity index is 1.75. The van der Waals surface area contributed by atoms with Crippen LogP contribution in [0.15, 0.2) is 34.7 Å². The number of halogens is 2. The van der Waals surface area contributed by atoms with Gasteiger partial charge in [-0.3, -0.25) is 9.10 Å². The van der Waals surface area contributed by atoms with Crippen LogP contribution in [-0.2, 0) is 10.0 Å². The van der Waals surface area contributed by atoms with E-state index in [1.165, 1.54) is 35.6 Å². The molecular weight excluding hydrogens is 592 g/mol. The summed E-state index contributed by atoms with van der Waals surface area (Å²) in [6.45, 7) is 1.63. The van der Waals surface area contributed by atoms with Gasteiger partial charge in [-0.2, -0.15) is 4.98 Å². The van der Waals surface area contributed by atoms with Crippen molar-refractivity contribution < 1.29 is 26.8 Å². The third-order valence-corrected chi connectivity index (χ3v) is 7.50. The lowest BCUT2D eigenvalue weighted by atomic mass is 10.1. The number of amides is 3. The van der Waals surface area contributed by atoms with Gasteiger partial charge in [-0.15, -0.1) is 0 Å². The number of carbonyl (C=O) groups excluding carboxylic acids is 2. The first-order chi connectivity index (χ1) is 16.6. The number of aromatic nitrogens is 1. The van der Waals surface area contributed by atoms with E-state index in [2.05, 4.69) is 15.6 Å². The maximum absolute atomic E-state index is 13.4. The maximum atomic E-state index is 13.4. The van der Waals surface area contributed by atoms with Crippen LogP contribution in [-0.4, -0.2) is 69.7 Å². The minimum Gasteiger partial charge on any atom is -0.437 e. The lowest BCUT2D eigenvalue weighted by Gasteiger charge is -2.23. The van der Waals surface area contributed by atoms with E-state index in [9.17, 15) is 22.4 Å². The maximum Gasteiger partial charge on any atom is 0.317 e. The zero-order valence-electron chi connectivity index (χ0n) is 19.0. The molecule has 1 aliphatic rings. The molecule has 0 saturated carbocycles. The number of nitrogens with one attached hydrogen (secondary N) is 2. The number of benzene rings is 1. The fourth-order valence-corrected chi connectivity index (χ4v) is 5.68. The van der Waals surface area contributed by atoms with Crippen molar-refractivity contribution in [1.29, 1.82) is 0 Å². The van der Waals surface area contributed by atoms with Gasteiger partial charge in [0.2, 0.25) is 15.7 Å². The number of hydrogen-bond acceptors (Lipinski definition) is 6. The average molecular weight is 615 g/mol. The first kappa shape index (κ1) is 25.2. The van der Waals surface area contributed by atoms with Gasteiger partial charge >= 0.3 is 6.03 Å². The molecule has 0 spiro atoms. The van der Waals surface area contributed by atoms with Crippen LogP contribution >= 0.6 is 22.6 Å². The molecule has 0 radical (unpaired) electrons. The molecule has 13 heteroatoms. The van der Waals surface area contributed by atoms with Gasteiger partial charge in [0, 0.05) is 38.8 Å². The molecule has 1 aliphatic heterocycles. The van der Waals surface area contributed by atoms with Gasteiger partial charge in [0.1, 0.15) is 11.6 Å². The normalized spacial score (nSPS) is 13.8. The summed E-state index contributed by atoms with van der Waals surface area (Å²) < 4.78 is 46.3. The molecule has 3 heterocycles. The summed E-state index contributed by atoms with van der Waals surface area (Å²) in [7, 11) is -2.23. The monoisotopic (exact) mass is 615 g/mol. The Hall–Kier alpha value is -2.94. The molecule has 2 aromatic heterocycles. The Morgan fingerprint density at radius 1 is 1.34 bits per heavy atom. The van der Waals surface area contributed by atoms with Crippen LogP contribution in [0.4, 0.5) is 15.0 Å². The number of anilines is 1. The van der Waals surface area contributed by atoms with Crippen molar-refractivity contribution in [2.45, 2.75) is 6.42 Å². The summed E-state index contributed by atoms with van der Waals surface area (Å²) in [4.78, 5) is 30.6. The number of furan rings is 1. The van der Waals surface area contributed by atoms with Crippen molar-refractivity contribution in [1.82, 2.24) is 20.5 Å². The van der Waals surface area contributed by atoms with Crippen molar-refractivity contribution >= 4 is 61.5 Å². The zero-order valence-corrected chi connectivity index (χ0v) is 21.9. The summed E-state index contributed by atoms with van der Waals surface area (Å²) in [5.74, 6) is -0.492. The smallest absolute Gasteiger partial charge is 0.317 e. The molecule has 1 aromatic carbocycles. The molecule has 3 amide bonds. The highest BCUT2D eigenvalue weighted by molar-refractivity contribution is 14.1. The number of hydrogen-bond donors (Lipinski definition) is 2. The highest BCUT2D eigenvalue weighted by Crippen LogP contribution is 2.36. The predicted octanol–water partition coefficient (Wildman–Crippen LogP) is 2.78. The number of pyridine rings is 1. The Kier molecular flexibility index (Phi) is 7.17. The summed E-state index contributed by atoms with van der Waals surface area (Å²) in [6, 6.07) is 6.96. The molecule has 0 bridgehead atoms. The van der Waals surface area contributed by atoms with E-state index in [1.807, 2.05) is 22.6 Å². The van der Waals surface area contributed by atoms with Gasteiger partial charge in [-0.1, -0.05) is 0 Å². The van der Waals surface area contributed by atoms with Gasteiger partial charge in [0.15, 0.2) is 5.82 Å². The number of nitrogens with zero attached hydrogens (tertiary/aromatic N) is 3. The average Bonchev–Trinajstić information content (AvgIpc) is 3.38. The van der Waals surface area contributed by atoms with Gasteiger partial charge in [0.05, 0.1) is 20.8 Å². The Morgan fingerprint density at radius 2 is 2.06 bits per heavy atom. The summed E-state index contributed by atoms with van der Waals surface area (Å²) in [5.41, 5.74) is 0.770. The van der Waals surface area contributed by atoms with Crippen LogP contribution in [0.3, 0.4) is 0 Å². The number of rotatable bonds is 8. The van der Waals surface area contributed by atoms with Crippen molar-refractivity contribution in [2.75, 3.05) is 43.8 Å². The number of fused-ring (bicyclic) bond motifs is 1. The Bertz CT molecular complexity index is 1390. The number of sulfonamides is 1. The topological polar surface area (TPSA) is 125 Å². The van der Waals surface area contributed by atoms with Crippen LogP contribution in [0.5, 0.6) is 0 Å². The van der Waals surface area contributed by atoms with Crippen molar-refractivity contribution in [2.24, 2.45) is 0 Å². The second kappa shape index (κ2) is 9.97. The quantitative estimate of drug-likeness (QED) is 0.376. The highest BCUT2D eigenvalue weighted by atomic mass is 127. The lowest BCUT2D eigenvalue weighted by molar-refractivity contribution is 0.0964. The fourth-order valence-electron chi connectivity index (χ4n) is 3.88. The molecular formula is C22H23FIN5O5S. The van der Waals surface area contributed by atoms with Crippen molar-refractivity contribution in [3.63, 3.8) is 0 Å². The Morgan fingerprint density at radius 3 is 2.66 bits per heavy atom. The zero-order chi connectivity index (χ0) is 25.3. The predicted molar refractivity (Wildman–Crippen MR) is 137 cm³/mol. The molecule has 10 nitrogen and oxygen atoms in total. The van der Waals surface area contributed by atoms with Crippen LogP contribution in [0.25, 0.3) is 22.4 Å². The standard InChI is InChI=1S/C22H23FIN5O5S/c1-25-20(30)17-15-12-16(24)19(27-21(15)34-18(17)13-4-6-14(23)7-5-13)29(35(2,32)33)10-3-9-28-11-8-26-22(28)31/h4-7,12H,3,8-11H2,1-2H3,(H,25,30)(H,26,31). The molecule has 35 heavy (non-hydrogen) atoms. The minimum atomic E-state index is -3.72. The minimum absolute atomic E-state index is 0.0749. The van der Waals surface area contributed by atoms with Crippen LogP contribution in [0, 0.1) is 9.39 Å². The SMILES string of the molecule is CNC(=O)c1c(-c2ccc(F)cc2)oc2nc(N(CCCN3CCNC3=O)S(C)(=O)=O)c(I)cc12. The van der Waals surface area contributed by atoms with Crippen molar-refractivity contribution in [3.8, 4) is 11.3 Å². The molecule has 0 atom stereocenters. The molecule has 1 saturated heterocycles. The van der Waals surface area contributed by atoms with Crippen LogP contribution < -0.4 is 14.9 Å². The molecule has 3 aromatic rings. The third-order valence-electron chi connectivity index (χ3n) is 5.55. The van der Waals surface area contributed by atoms with E-state index in [1.54, 1.807) is 11.0 Å². The van der Waals surface area contributed by atoms with E-state index < -0.39 is 21.7 Å². The second-order valence-corrected chi connectivity index (χ2v) is 11.0. The van der Waals surface area contributed by atoms with E-state index in [0.717, 1.165) is 6.26 Å². The van der Waals surface area contributed by atoms with E-state index in [4.69, 9.17) is 4.42 Å². The summed E-state index contributed by atoms with van der Waals surface area (Å²) >= 11 is 1.97. The van der Waals surface area contributed by atoms with Gasteiger partial charge in [-0.05, 0) is 59.3 Å². The molecule has 4 rings (SSSR count). The lowest BCUT2D eigenvalue weighted by Crippen LogP contribution is -2.35. The first-order valence-electron chi connectivity index (χ1n) is 10.7. The van der Waals surface area contributed by atoms with E-state index in [-0.39, 0.29) is 35.4 Å². The summed E-state index contributed by atoms with van der Waals surface area (Å²) in [5, 5.41) is 5.69. The van der Waals surface area contributed by atoms with E-state index in [0.29, 0.717) is 40.6 Å². The Labute approximate surface area is 215 Å². The van der Waals surface area contributed by atoms with Crippen LogP contribution in [0.2, 0.25) is 0 Å². The van der Waals surface area contributed by atoms with Gasteiger partial charge < -0.3 is 20.0 Å². The van der Waals surface area contributed by atoms with Gasteiger partial charge in [-0.25, -0.2) is 17.6 Å². The second-order valence-electron chi connectivity index (χ2n) is 7.95. The van der Waals surface area contributed by atoms with E-state index >= 15 is 0 Å².